The van der Waals surface area contributed by atoms with Gasteiger partial charge in [-0.25, -0.2) is 4.79 Å². The van der Waals surface area contributed by atoms with E-state index in [-0.39, 0.29) is 5.56 Å². The number of rotatable bonds is 3. The van der Waals surface area contributed by atoms with Gasteiger partial charge in [0, 0.05) is 10.0 Å². The minimum atomic E-state index is -0.958. The Balaban J connectivity index is 2.62. The smallest absolute Gasteiger partial charge is 0.336 e. The zero-order valence-electron chi connectivity index (χ0n) is 10.6. The van der Waals surface area contributed by atoms with Crippen LogP contribution in [0.2, 0.25) is 0 Å². The third-order valence-corrected chi connectivity index (χ3v) is 3.55. The van der Waals surface area contributed by atoms with Crippen molar-refractivity contribution in [3.8, 4) is 16.9 Å². The molecular weight excluding hydrogens is 308 g/mol. The molecule has 0 radical (unpaired) electrons. The lowest BCUT2D eigenvalue weighted by atomic mass is 10.0. The highest BCUT2D eigenvalue weighted by Crippen LogP contribution is 2.33. The van der Waals surface area contributed by atoms with Crippen LogP contribution in [0.3, 0.4) is 0 Å². The second-order valence-electron chi connectivity index (χ2n) is 4.20. The number of carboxylic acid groups (broad SMARTS) is 1. The summed E-state index contributed by atoms with van der Waals surface area (Å²) in [7, 11) is 1.60. The summed E-state index contributed by atoms with van der Waals surface area (Å²) in [6.07, 6.45) is 0. The number of hydrogen-bond donors (Lipinski definition) is 1. The van der Waals surface area contributed by atoms with E-state index in [9.17, 15) is 4.79 Å². The summed E-state index contributed by atoms with van der Waals surface area (Å²) in [5, 5.41) is 9.16. The van der Waals surface area contributed by atoms with Crippen molar-refractivity contribution in [3.63, 3.8) is 0 Å². The van der Waals surface area contributed by atoms with Crippen molar-refractivity contribution in [2.45, 2.75) is 6.92 Å². The Labute approximate surface area is 120 Å². The number of aryl methyl sites for hydroxylation is 1. The van der Waals surface area contributed by atoms with Gasteiger partial charge in [-0.2, -0.15) is 0 Å². The SMILES string of the molecule is COc1ccc(C)cc1-c1ccc(Br)c(C(=O)O)c1. The molecule has 3 nitrogen and oxygen atoms in total. The molecular formula is C15H13BrO3. The number of methoxy groups -OCH3 is 1. The zero-order chi connectivity index (χ0) is 14.0. The van der Waals surface area contributed by atoms with Gasteiger partial charge in [-0.3, -0.25) is 0 Å². The van der Waals surface area contributed by atoms with Crippen LogP contribution in [0, 0.1) is 6.92 Å². The molecule has 0 fully saturated rings. The Morgan fingerprint density at radius 1 is 1.21 bits per heavy atom. The molecule has 0 aliphatic carbocycles. The summed E-state index contributed by atoms with van der Waals surface area (Å²) >= 11 is 3.24. The van der Waals surface area contributed by atoms with Gasteiger partial charge < -0.3 is 9.84 Å². The van der Waals surface area contributed by atoms with Crippen LogP contribution in [0.1, 0.15) is 15.9 Å². The number of ether oxygens (including phenoxy) is 1. The van der Waals surface area contributed by atoms with E-state index in [0.717, 1.165) is 22.4 Å². The van der Waals surface area contributed by atoms with Crippen LogP contribution in [0.25, 0.3) is 11.1 Å². The van der Waals surface area contributed by atoms with Gasteiger partial charge in [-0.1, -0.05) is 17.7 Å². The van der Waals surface area contributed by atoms with Crippen LogP contribution in [0.4, 0.5) is 0 Å². The lowest BCUT2D eigenvalue weighted by Gasteiger charge is -2.11. The van der Waals surface area contributed by atoms with Crippen LogP contribution in [0.15, 0.2) is 40.9 Å². The van der Waals surface area contributed by atoms with E-state index in [4.69, 9.17) is 9.84 Å². The van der Waals surface area contributed by atoms with Crippen molar-refractivity contribution in [1.82, 2.24) is 0 Å². The first kappa shape index (κ1) is 13.6. The average Bonchev–Trinajstić information content (AvgIpc) is 2.39. The Kier molecular flexibility index (Phi) is 3.90. The van der Waals surface area contributed by atoms with Gasteiger partial charge >= 0.3 is 5.97 Å². The van der Waals surface area contributed by atoms with E-state index in [0.29, 0.717) is 4.47 Å². The van der Waals surface area contributed by atoms with Crippen molar-refractivity contribution in [2.75, 3.05) is 7.11 Å². The molecule has 0 aromatic heterocycles. The molecule has 0 saturated heterocycles. The van der Waals surface area contributed by atoms with Crippen molar-refractivity contribution < 1.29 is 14.6 Å². The first-order valence-electron chi connectivity index (χ1n) is 5.71. The van der Waals surface area contributed by atoms with E-state index < -0.39 is 5.97 Å². The summed E-state index contributed by atoms with van der Waals surface area (Å²) in [4.78, 5) is 11.2. The second-order valence-corrected chi connectivity index (χ2v) is 5.06. The summed E-state index contributed by atoms with van der Waals surface area (Å²) in [5.41, 5.74) is 3.04. The monoisotopic (exact) mass is 320 g/mol. The Morgan fingerprint density at radius 3 is 2.58 bits per heavy atom. The van der Waals surface area contributed by atoms with Gasteiger partial charge in [-0.15, -0.1) is 0 Å². The molecule has 0 aliphatic heterocycles. The van der Waals surface area contributed by atoms with Crippen LogP contribution >= 0.6 is 15.9 Å². The Bertz CT molecular complexity index is 635. The normalized spacial score (nSPS) is 10.3. The fourth-order valence-electron chi connectivity index (χ4n) is 1.90. The number of hydrogen-bond acceptors (Lipinski definition) is 2. The standard InChI is InChI=1S/C15H13BrO3/c1-9-3-6-14(19-2)11(7-9)10-4-5-13(16)12(8-10)15(17)18/h3-8H,1-2H3,(H,17,18). The largest absolute Gasteiger partial charge is 0.496 e. The summed E-state index contributed by atoms with van der Waals surface area (Å²) in [6, 6.07) is 11.1. The van der Waals surface area contributed by atoms with Crippen molar-refractivity contribution >= 4 is 21.9 Å². The number of halogens is 1. The fraction of sp³-hybridized carbons (Fsp3) is 0.133. The summed E-state index contributed by atoms with van der Waals surface area (Å²) in [5.74, 6) is -0.232. The fourth-order valence-corrected chi connectivity index (χ4v) is 2.32. The molecule has 0 aliphatic rings. The van der Waals surface area contributed by atoms with Crippen LogP contribution in [-0.4, -0.2) is 18.2 Å². The molecule has 4 heteroatoms. The van der Waals surface area contributed by atoms with E-state index >= 15 is 0 Å². The summed E-state index contributed by atoms with van der Waals surface area (Å²) < 4.78 is 5.89. The average molecular weight is 321 g/mol. The quantitative estimate of drug-likeness (QED) is 0.924. The molecule has 0 amide bonds. The molecule has 0 heterocycles. The molecule has 0 saturated carbocycles. The van der Waals surface area contributed by atoms with E-state index in [1.807, 2.05) is 31.2 Å². The third-order valence-electron chi connectivity index (χ3n) is 2.86. The van der Waals surface area contributed by atoms with Crippen molar-refractivity contribution in [1.29, 1.82) is 0 Å². The van der Waals surface area contributed by atoms with Crippen LogP contribution < -0.4 is 4.74 Å². The topological polar surface area (TPSA) is 46.5 Å². The number of aromatic carboxylic acids is 1. The van der Waals surface area contributed by atoms with Gasteiger partial charge in [0.2, 0.25) is 0 Å². The predicted molar refractivity (Wildman–Crippen MR) is 77.8 cm³/mol. The molecule has 2 aromatic rings. The molecule has 2 aromatic carbocycles. The molecule has 0 spiro atoms. The molecule has 1 N–H and O–H groups in total. The van der Waals surface area contributed by atoms with E-state index in [1.54, 1.807) is 19.2 Å². The molecule has 0 atom stereocenters. The first-order valence-corrected chi connectivity index (χ1v) is 6.50. The van der Waals surface area contributed by atoms with Crippen LogP contribution in [-0.2, 0) is 0 Å². The van der Waals surface area contributed by atoms with Crippen molar-refractivity contribution in [3.05, 3.63) is 52.0 Å². The van der Waals surface area contributed by atoms with E-state index in [2.05, 4.69) is 15.9 Å². The zero-order valence-corrected chi connectivity index (χ0v) is 12.2. The first-order chi connectivity index (χ1) is 9.02. The lowest BCUT2D eigenvalue weighted by molar-refractivity contribution is 0.0696. The molecule has 98 valence electrons. The minimum absolute atomic E-state index is 0.237. The lowest BCUT2D eigenvalue weighted by Crippen LogP contribution is -1.98. The highest BCUT2D eigenvalue weighted by atomic mass is 79.9. The minimum Gasteiger partial charge on any atom is -0.496 e. The predicted octanol–water partition coefficient (Wildman–Crippen LogP) is 4.13. The van der Waals surface area contributed by atoms with Crippen LogP contribution in [0.5, 0.6) is 5.75 Å². The van der Waals surface area contributed by atoms with E-state index in [1.165, 1.54) is 0 Å². The maximum Gasteiger partial charge on any atom is 0.336 e. The molecule has 0 unspecified atom stereocenters. The molecule has 2 rings (SSSR count). The summed E-state index contributed by atoms with van der Waals surface area (Å²) in [6.45, 7) is 1.99. The van der Waals surface area contributed by atoms with Gasteiger partial charge in [0.05, 0.1) is 12.7 Å². The maximum atomic E-state index is 11.2. The highest BCUT2D eigenvalue weighted by molar-refractivity contribution is 9.10. The number of carbonyl (C=O) groups is 1. The van der Waals surface area contributed by atoms with Gasteiger partial charge in [0.15, 0.2) is 0 Å². The van der Waals surface area contributed by atoms with Crippen molar-refractivity contribution in [2.24, 2.45) is 0 Å². The van der Waals surface area contributed by atoms with Gasteiger partial charge in [0.25, 0.3) is 0 Å². The Hall–Kier alpha value is -1.81. The van der Waals surface area contributed by atoms with Gasteiger partial charge in [0.1, 0.15) is 5.75 Å². The number of carboxylic acids is 1. The second kappa shape index (κ2) is 5.45. The molecule has 0 bridgehead atoms. The number of benzene rings is 2. The maximum absolute atomic E-state index is 11.2. The Morgan fingerprint density at radius 2 is 1.95 bits per heavy atom. The van der Waals surface area contributed by atoms with Gasteiger partial charge in [-0.05, 0) is 52.7 Å². The third kappa shape index (κ3) is 2.79. The highest BCUT2D eigenvalue weighted by Gasteiger charge is 2.12. The molecule has 19 heavy (non-hydrogen) atoms.